The van der Waals surface area contributed by atoms with Gasteiger partial charge in [-0.3, -0.25) is 24.6 Å². The van der Waals surface area contributed by atoms with Crippen molar-refractivity contribution < 1.29 is 27.7 Å². The number of likely N-dealkylation sites (N-methyl/N-ethyl adjacent to an activating group) is 1. The molecule has 3 aromatic rings. The molecule has 0 radical (unpaired) electrons. The van der Waals surface area contributed by atoms with Crippen LogP contribution in [0.25, 0.3) is 0 Å². The van der Waals surface area contributed by atoms with Crippen LogP contribution in [0.15, 0.2) is 53.0 Å². The van der Waals surface area contributed by atoms with Gasteiger partial charge in [0.25, 0.3) is 5.69 Å². The van der Waals surface area contributed by atoms with Crippen molar-refractivity contribution in [1.82, 2.24) is 4.98 Å². The van der Waals surface area contributed by atoms with E-state index in [-0.39, 0.29) is 41.2 Å². The van der Waals surface area contributed by atoms with Crippen LogP contribution in [0.1, 0.15) is 23.2 Å². The Balaban J connectivity index is 1.60. The number of nitro benzene ring substituents is 1. The van der Waals surface area contributed by atoms with Gasteiger partial charge in [0.15, 0.2) is 0 Å². The number of benzene rings is 2. The molecule has 2 aliphatic heterocycles. The van der Waals surface area contributed by atoms with Crippen molar-refractivity contribution in [2.75, 3.05) is 28.3 Å². The number of carbonyl (C=O) groups is 2. The smallest absolute Gasteiger partial charge is 0.364 e. The minimum Gasteiger partial charge on any atom is -0.364 e. The minimum atomic E-state index is -4.67. The molecule has 0 saturated carbocycles. The number of amides is 2. The van der Waals surface area contributed by atoms with E-state index in [2.05, 4.69) is 20.9 Å². The number of hydrogen-bond donors (Lipinski definition) is 0. The van der Waals surface area contributed by atoms with E-state index in [1.807, 2.05) is 4.90 Å². The molecule has 3 heterocycles. The number of pyridine rings is 1. The first-order valence-corrected chi connectivity index (χ1v) is 13.5. The number of nitrogens with zero attached hydrogens (tertiary/aromatic N) is 5. The zero-order chi connectivity index (χ0) is 29.8. The molecule has 0 bridgehead atoms. The summed E-state index contributed by atoms with van der Waals surface area (Å²) in [6.07, 6.45) is -4.78. The number of anilines is 3. The SMILES string of the molecule is Cc1cc(C(F)(F)F)cc(N2C(=O)C[C@@H]3CN(Cc4ccc([N+](=O)[O-])c(Br)c4)c4c(Cl)cccc4N(C)C(=O)[C@H]32)n1. The Bertz CT molecular complexity index is 1590. The number of hydrogen-bond acceptors (Lipinski definition) is 6. The Morgan fingerprint density at radius 3 is 2.56 bits per heavy atom. The number of halogens is 5. The van der Waals surface area contributed by atoms with Crippen molar-refractivity contribution in [3.63, 3.8) is 0 Å². The number of rotatable bonds is 4. The zero-order valence-corrected chi connectivity index (χ0v) is 24.0. The lowest BCUT2D eigenvalue weighted by atomic mass is 9.95. The largest absolute Gasteiger partial charge is 0.416 e. The number of nitro groups is 1. The number of carbonyl (C=O) groups excluding carboxylic acids is 2. The van der Waals surface area contributed by atoms with Gasteiger partial charge in [0.1, 0.15) is 11.9 Å². The summed E-state index contributed by atoms with van der Waals surface area (Å²) in [5.41, 5.74) is 0.638. The summed E-state index contributed by atoms with van der Waals surface area (Å²) in [6, 6.07) is 10.2. The predicted molar refractivity (Wildman–Crippen MR) is 150 cm³/mol. The zero-order valence-electron chi connectivity index (χ0n) is 21.7. The molecule has 214 valence electrons. The number of fused-ring (bicyclic) bond motifs is 2. The van der Waals surface area contributed by atoms with E-state index < -0.39 is 40.4 Å². The van der Waals surface area contributed by atoms with Crippen molar-refractivity contribution in [3.8, 4) is 0 Å². The van der Waals surface area contributed by atoms with Gasteiger partial charge in [-0.15, -0.1) is 0 Å². The van der Waals surface area contributed by atoms with Crippen LogP contribution >= 0.6 is 27.5 Å². The van der Waals surface area contributed by atoms with Crippen LogP contribution in [-0.2, 0) is 22.3 Å². The van der Waals surface area contributed by atoms with Crippen LogP contribution in [0.5, 0.6) is 0 Å². The van der Waals surface area contributed by atoms with Gasteiger partial charge in [0.05, 0.1) is 31.4 Å². The fourth-order valence-electron chi connectivity index (χ4n) is 5.43. The number of alkyl halides is 3. The summed E-state index contributed by atoms with van der Waals surface area (Å²) < 4.78 is 41.1. The molecule has 9 nitrogen and oxygen atoms in total. The molecule has 41 heavy (non-hydrogen) atoms. The lowest BCUT2D eigenvalue weighted by Crippen LogP contribution is -2.52. The van der Waals surface area contributed by atoms with Crippen LogP contribution in [0.4, 0.5) is 36.1 Å². The van der Waals surface area contributed by atoms with E-state index in [1.54, 1.807) is 30.3 Å². The van der Waals surface area contributed by atoms with Crippen molar-refractivity contribution in [1.29, 1.82) is 0 Å². The van der Waals surface area contributed by atoms with E-state index in [9.17, 15) is 32.9 Å². The molecule has 2 amide bonds. The molecule has 0 spiro atoms. The van der Waals surface area contributed by atoms with Crippen LogP contribution < -0.4 is 14.7 Å². The highest BCUT2D eigenvalue weighted by atomic mass is 79.9. The fourth-order valence-corrected chi connectivity index (χ4v) is 6.29. The predicted octanol–water partition coefficient (Wildman–Crippen LogP) is 6.14. The third-order valence-corrected chi connectivity index (χ3v) is 8.15. The van der Waals surface area contributed by atoms with Gasteiger partial charge in [-0.1, -0.05) is 23.7 Å². The number of para-hydroxylation sites is 1. The molecule has 14 heteroatoms. The monoisotopic (exact) mass is 651 g/mol. The quantitative estimate of drug-likeness (QED) is 0.248. The maximum Gasteiger partial charge on any atom is 0.416 e. The first kappa shape index (κ1) is 28.8. The van der Waals surface area contributed by atoms with Gasteiger partial charge in [-0.25, -0.2) is 4.98 Å². The third kappa shape index (κ3) is 5.35. The Kier molecular flexibility index (Phi) is 7.45. The van der Waals surface area contributed by atoms with E-state index in [4.69, 9.17) is 11.6 Å². The van der Waals surface area contributed by atoms with Crippen molar-refractivity contribution >= 4 is 62.2 Å². The summed E-state index contributed by atoms with van der Waals surface area (Å²) in [5.74, 6) is -1.88. The summed E-state index contributed by atoms with van der Waals surface area (Å²) >= 11 is 9.88. The minimum absolute atomic E-state index is 0.0558. The highest BCUT2D eigenvalue weighted by Gasteiger charge is 2.49. The molecule has 1 saturated heterocycles. The van der Waals surface area contributed by atoms with Crippen LogP contribution in [0.2, 0.25) is 5.02 Å². The molecule has 0 unspecified atom stereocenters. The normalized spacial score (nSPS) is 19.1. The summed E-state index contributed by atoms with van der Waals surface area (Å²) in [4.78, 5) is 46.6. The van der Waals surface area contributed by atoms with Crippen LogP contribution in [0, 0.1) is 23.0 Å². The molecule has 2 aromatic carbocycles. The van der Waals surface area contributed by atoms with Crippen LogP contribution in [-0.4, -0.2) is 41.4 Å². The van der Waals surface area contributed by atoms with Crippen molar-refractivity contribution in [2.45, 2.75) is 32.1 Å². The summed E-state index contributed by atoms with van der Waals surface area (Å²) in [6.45, 7) is 1.76. The van der Waals surface area contributed by atoms with E-state index in [0.29, 0.717) is 22.0 Å². The maximum absolute atomic E-state index is 13.9. The van der Waals surface area contributed by atoms with Gasteiger partial charge < -0.3 is 9.80 Å². The Labute approximate surface area is 245 Å². The molecule has 5 rings (SSSR count). The standard InChI is InChI=1S/C27H22BrClF3N5O4/c1-14-8-17(27(30,31)32)11-22(33-14)36-23(38)10-16-13-35(12-15-6-7-20(37(40)41)18(28)9-15)25-19(29)4-3-5-21(25)34(2)26(39)24(16)36/h3-9,11,16,24H,10,12-13H2,1-2H3/t16-,24+/m1/s1. The van der Waals surface area contributed by atoms with E-state index >= 15 is 0 Å². The molecule has 2 aliphatic rings. The topological polar surface area (TPSA) is 99.9 Å². The van der Waals surface area contributed by atoms with E-state index in [1.165, 1.54) is 24.9 Å². The number of aryl methyl sites for hydroxylation is 1. The Morgan fingerprint density at radius 1 is 1.17 bits per heavy atom. The maximum atomic E-state index is 13.9. The Morgan fingerprint density at radius 2 is 1.90 bits per heavy atom. The van der Waals surface area contributed by atoms with Gasteiger partial charge in [-0.05, 0) is 58.7 Å². The second-order valence-electron chi connectivity index (χ2n) is 9.95. The molecule has 2 atom stereocenters. The van der Waals surface area contributed by atoms with Gasteiger partial charge in [0, 0.05) is 44.2 Å². The molecule has 1 aromatic heterocycles. The summed E-state index contributed by atoms with van der Waals surface area (Å²) in [5, 5.41) is 11.6. The molecule has 0 N–H and O–H groups in total. The second-order valence-corrected chi connectivity index (χ2v) is 11.2. The average Bonchev–Trinajstić information content (AvgIpc) is 3.20. The van der Waals surface area contributed by atoms with Gasteiger partial charge in [0.2, 0.25) is 11.8 Å². The highest BCUT2D eigenvalue weighted by molar-refractivity contribution is 9.10. The van der Waals surface area contributed by atoms with Crippen molar-refractivity contribution in [3.05, 3.63) is 85.0 Å². The lowest BCUT2D eigenvalue weighted by Gasteiger charge is -2.39. The molecule has 1 fully saturated rings. The molecular weight excluding hydrogens is 631 g/mol. The molecular formula is C27H22BrClF3N5O4. The Hall–Kier alpha value is -3.71. The third-order valence-electron chi connectivity index (χ3n) is 7.21. The first-order chi connectivity index (χ1) is 19.3. The summed E-state index contributed by atoms with van der Waals surface area (Å²) in [7, 11) is 1.52. The first-order valence-electron chi connectivity index (χ1n) is 12.4. The van der Waals surface area contributed by atoms with Gasteiger partial charge in [-0.2, -0.15) is 13.2 Å². The van der Waals surface area contributed by atoms with Crippen molar-refractivity contribution in [2.24, 2.45) is 5.92 Å². The van der Waals surface area contributed by atoms with E-state index in [0.717, 1.165) is 17.0 Å². The average molecular weight is 653 g/mol. The lowest BCUT2D eigenvalue weighted by molar-refractivity contribution is -0.385. The number of aromatic nitrogens is 1. The van der Waals surface area contributed by atoms with Gasteiger partial charge >= 0.3 is 6.18 Å². The fraction of sp³-hybridized carbons (Fsp3) is 0.296. The second kappa shape index (κ2) is 10.6. The molecule has 0 aliphatic carbocycles. The van der Waals surface area contributed by atoms with Crippen LogP contribution in [0.3, 0.4) is 0 Å². The highest BCUT2D eigenvalue weighted by Crippen LogP contribution is 2.43.